The molecular weight excluding hydrogens is 433 g/mol. The predicted molar refractivity (Wildman–Crippen MR) is 96.6 cm³/mol. The highest BCUT2D eigenvalue weighted by atomic mass is 127. The number of rotatable bonds is 7. The van der Waals surface area contributed by atoms with Gasteiger partial charge in [0.1, 0.15) is 17.7 Å². The number of aromatic nitrogens is 1. The number of ether oxygens (including phenoxy) is 1. The minimum atomic E-state index is -2.86. The topological polar surface area (TPSA) is 71.7 Å². The minimum absolute atomic E-state index is 0. The zero-order valence-electron chi connectivity index (χ0n) is 13.0. The van der Waals surface area contributed by atoms with E-state index in [1.165, 1.54) is 12.3 Å². The molecule has 0 aliphatic carbocycles. The predicted octanol–water partition coefficient (Wildman–Crippen LogP) is 3.15. The molecule has 0 unspecified atom stereocenters. The molecule has 2 rings (SSSR count). The summed E-state index contributed by atoms with van der Waals surface area (Å²) in [7, 11) is 0. The molecule has 0 amide bonds. The lowest BCUT2D eigenvalue weighted by Crippen LogP contribution is -2.36. The molecule has 24 heavy (non-hydrogen) atoms. The van der Waals surface area contributed by atoms with E-state index in [0.717, 1.165) is 5.69 Å². The van der Waals surface area contributed by atoms with Crippen molar-refractivity contribution >= 4 is 29.9 Å². The standard InChI is InChI=1S/C15H18F2N4O2.HI/c1-2-18-15(20-10-12-7-8-22-21-12)19-9-11-5-3-4-6-13(11)23-14(16)17;/h3-8,14H,2,9-10H2,1H3,(H2,18,19,20);1H. The van der Waals surface area contributed by atoms with Gasteiger partial charge in [0.25, 0.3) is 0 Å². The van der Waals surface area contributed by atoms with Crippen molar-refractivity contribution in [3.8, 4) is 5.75 Å². The number of para-hydroxylation sites is 1. The smallest absolute Gasteiger partial charge is 0.387 e. The van der Waals surface area contributed by atoms with Crippen LogP contribution in [0.3, 0.4) is 0 Å². The second-order valence-electron chi connectivity index (χ2n) is 4.53. The lowest BCUT2D eigenvalue weighted by molar-refractivity contribution is -0.0504. The Hall–Kier alpha value is -1.91. The molecule has 6 nitrogen and oxygen atoms in total. The Morgan fingerprint density at radius 1 is 1.29 bits per heavy atom. The summed E-state index contributed by atoms with van der Waals surface area (Å²) in [5.41, 5.74) is 1.31. The number of guanidine groups is 1. The molecule has 0 aliphatic heterocycles. The lowest BCUT2D eigenvalue weighted by atomic mass is 10.2. The molecule has 1 aromatic heterocycles. The van der Waals surface area contributed by atoms with Crippen molar-refractivity contribution < 1.29 is 18.0 Å². The second-order valence-corrected chi connectivity index (χ2v) is 4.53. The van der Waals surface area contributed by atoms with Crippen molar-refractivity contribution in [2.45, 2.75) is 26.6 Å². The highest BCUT2D eigenvalue weighted by Crippen LogP contribution is 2.20. The van der Waals surface area contributed by atoms with Crippen LogP contribution in [0.1, 0.15) is 18.2 Å². The van der Waals surface area contributed by atoms with Crippen LogP contribution in [0, 0.1) is 0 Å². The Morgan fingerprint density at radius 3 is 2.75 bits per heavy atom. The first kappa shape index (κ1) is 20.1. The minimum Gasteiger partial charge on any atom is -0.434 e. The molecule has 1 heterocycles. The quantitative estimate of drug-likeness (QED) is 0.384. The van der Waals surface area contributed by atoms with Gasteiger partial charge < -0.3 is 19.9 Å². The number of aliphatic imine (C=N–C) groups is 1. The maximum atomic E-state index is 12.4. The maximum absolute atomic E-state index is 12.4. The molecule has 0 bridgehead atoms. The number of nitrogens with zero attached hydrogens (tertiary/aromatic N) is 2. The normalized spacial score (nSPS) is 11.1. The Balaban J connectivity index is 0.00000288. The summed E-state index contributed by atoms with van der Waals surface area (Å²) in [4.78, 5) is 4.36. The summed E-state index contributed by atoms with van der Waals surface area (Å²) in [6, 6.07) is 8.31. The van der Waals surface area contributed by atoms with Crippen molar-refractivity contribution in [3.05, 3.63) is 47.9 Å². The van der Waals surface area contributed by atoms with E-state index in [2.05, 4.69) is 25.5 Å². The van der Waals surface area contributed by atoms with Crippen LogP contribution in [0.5, 0.6) is 5.75 Å². The summed E-state index contributed by atoms with van der Waals surface area (Å²) < 4.78 is 34.0. The van der Waals surface area contributed by atoms with E-state index in [9.17, 15) is 8.78 Å². The zero-order valence-corrected chi connectivity index (χ0v) is 15.4. The molecule has 2 N–H and O–H groups in total. The molecule has 0 radical (unpaired) electrons. The SMILES string of the molecule is CCNC(=NCc1ccccc1OC(F)F)NCc1ccon1.I. The number of nitrogens with one attached hydrogen (secondary N) is 2. The fourth-order valence-electron chi connectivity index (χ4n) is 1.85. The molecule has 0 fully saturated rings. The molecule has 0 atom stereocenters. The third-order valence-electron chi connectivity index (χ3n) is 2.87. The lowest BCUT2D eigenvalue weighted by Gasteiger charge is -2.12. The fraction of sp³-hybridized carbons (Fsp3) is 0.333. The summed E-state index contributed by atoms with van der Waals surface area (Å²) in [5, 5.41) is 9.94. The molecule has 1 aromatic carbocycles. The van der Waals surface area contributed by atoms with Gasteiger partial charge in [-0.25, -0.2) is 4.99 Å². The molecule has 0 aliphatic rings. The summed E-state index contributed by atoms with van der Waals surface area (Å²) in [5.74, 6) is 0.668. The monoisotopic (exact) mass is 452 g/mol. The van der Waals surface area contributed by atoms with E-state index < -0.39 is 6.61 Å². The van der Waals surface area contributed by atoms with Crippen LogP contribution in [-0.4, -0.2) is 24.3 Å². The maximum Gasteiger partial charge on any atom is 0.387 e. The van der Waals surface area contributed by atoms with E-state index in [1.54, 1.807) is 24.3 Å². The number of benzene rings is 1. The zero-order chi connectivity index (χ0) is 16.5. The van der Waals surface area contributed by atoms with Gasteiger partial charge in [-0.15, -0.1) is 24.0 Å². The Bertz CT molecular complexity index is 624. The highest BCUT2D eigenvalue weighted by molar-refractivity contribution is 14.0. The van der Waals surface area contributed by atoms with Gasteiger partial charge in [-0.2, -0.15) is 8.78 Å². The summed E-state index contributed by atoms with van der Waals surface area (Å²) in [6.07, 6.45) is 1.49. The van der Waals surface area contributed by atoms with Crippen molar-refractivity contribution in [1.82, 2.24) is 15.8 Å². The summed E-state index contributed by atoms with van der Waals surface area (Å²) in [6.45, 7) is 0.383. The van der Waals surface area contributed by atoms with E-state index in [4.69, 9.17) is 4.52 Å². The Labute approximate surface area is 155 Å². The van der Waals surface area contributed by atoms with Crippen LogP contribution < -0.4 is 15.4 Å². The van der Waals surface area contributed by atoms with Crippen molar-refractivity contribution in [1.29, 1.82) is 0 Å². The van der Waals surface area contributed by atoms with E-state index in [0.29, 0.717) is 24.6 Å². The third kappa shape index (κ3) is 6.69. The van der Waals surface area contributed by atoms with Crippen molar-refractivity contribution in [3.63, 3.8) is 0 Å². The number of hydrogen-bond acceptors (Lipinski definition) is 4. The average Bonchev–Trinajstić information content (AvgIpc) is 3.04. The molecular formula is C15H19F2IN4O2. The van der Waals surface area contributed by atoms with Crippen molar-refractivity contribution in [2.24, 2.45) is 4.99 Å². The number of alkyl halides is 2. The van der Waals surface area contributed by atoms with Crippen molar-refractivity contribution in [2.75, 3.05) is 6.54 Å². The first-order valence-corrected chi connectivity index (χ1v) is 7.13. The van der Waals surface area contributed by atoms with Crippen LogP contribution in [0.2, 0.25) is 0 Å². The fourth-order valence-corrected chi connectivity index (χ4v) is 1.85. The van der Waals surface area contributed by atoms with Gasteiger partial charge in [0.05, 0.1) is 13.1 Å². The van der Waals surface area contributed by atoms with E-state index in [-0.39, 0.29) is 36.3 Å². The van der Waals surface area contributed by atoms with Gasteiger partial charge in [0, 0.05) is 18.2 Å². The van der Waals surface area contributed by atoms with E-state index in [1.807, 2.05) is 6.92 Å². The second kappa shape index (κ2) is 10.8. The van der Waals surface area contributed by atoms with Crippen LogP contribution in [0.15, 0.2) is 46.1 Å². The van der Waals surface area contributed by atoms with Crippen LogP contribution in [0.4, 0.5) is 8.78 Å². The van der Waals surface area contributed by atoms with Crippen LogP contribution >= 0.6 is 24.0 Å². The summed E-state index contributed by atoms with van der Waals surface area (Å²) >= 11 is 0. The first-order chi connectivity index (χ1) is 11.2. The van der Waals surface area contributed by atoms with Gasteiger partial charge in [0.2, 0.25) is 0 Å². The average molecular weight is 452 g/mol. The van der Waals surface area contributed by atoms with Gasteiger partial charge in [0.15, 0.2) is 5.96 Å². The van der Waals surface area contributed by atoms with Gasteiger partial charge in [-0.05, 0) is 13.0 Å². The van der Waals surface area contributed by atoms with Crippen LogP contribution in [-0.2, 0) is 13.1 Å². The van der Waals surface area contributed by atoms with Gasteiger partial charge in [-0.3, -0.25) is 0 Å². The molecule has 132 valence electrons. The molecule has 0 saturated heterocycles. The number of hydrogen-bond donors (Lipinski definition) is 2. The first-order valence-electron chi connectivity index (χ1n) is 7.13. The van der Waals surface area contributed by atoms with Gasteiger partial charge >= 0.3 is 6.61 Å². The molecule has 9 heteroatoms. The van der Waals surface area contributed by atoms with E-state index >= 15 is 0 Å². The molecule has 0 saturated carbocycles. The molecule has 0 spiro atoms. The molecule has 2 aromatic rings. The van der Waals surface area contributed by atoms with Gasteiger partial charge in [-0.1, -0.05) is 23.4 Å². The highest BCUT2D eigenvalue weighted by Gasteiger charge is 2.09. The number of halogens is 3. The largest absolute Gasteiger partial charge is 0.434 e. The Kier molecular flexibility index (Phi) is 9.05. The third-order valence-corrected chi connectivity index (χ3v) is 2.87. The van der Waals surface area contributed by atoms with Crippen LogP contribution in [0.25, 0.3) is 0 Å². The Morgan fingerprint density at radius 2 is 2.08 bits per heavy atom.